The number of carbonyl (C=O) groups excluding carboxylic acids is 1. The van der Waals surface area contributed by atoms with E-state index in [1.165, 1.54) is 11.3 Å². The molecule has 6 heteroatoms. The molecule has 4 rings (SSSR count). The fourth-order valence-corrected chi connectivity index (χ4v) is 3.63. The van der Waals surface area contributed by atoms with Gasteiger partial charge in [-0.3, -0.25) is 4.79 Å². The van der Waals surface area contributed by atoms with Crippen LogP contribution in [0.25, 0.3) is 11.1 Å². The van der Waals surface area contributed by atoms with E-state index in [2.05, 4.69) is 40.3 Å². The molecule has 1 aromatic heterocycles. The third-order valence-electron chi connectivity index (χ3n) is 5.40. The molecule has 0 unspecified atom stereocenters. The Morgan fingerprint density at radius 1 is 1.22 bits per heavy atom. The normalized spacial score (nSPS) is 22.6. The Morgan fingerprint density at radius 2 is 1.93 bits per heavy atom. The number of piperidine rings is 1. The Labute approximate surface area is 158 Å². The van der Waals surface area contributed by atoms with Crippen LogP contribution in [0.5, 0.6) is 0 Å². The number of alkyl halides is 1. The fourth-order valence-electron chi connectivity index (χ4n) is 3.63. The van der Waals surface area contributed by atoms with Gasteiger partial charge in [-0.05, 0) is 67.1 Å². The lowest BCUT2D eigenvalue weighted by atomic mass is 10.0. The van der Waals surface area contributed by atoms with Gasteiger partial charge in [0.2, 0.25) is 5.91 Å². The highest BCUT2D eigenvalue weighted by molar-refractivity contribution is 5.94. The number of amides is 1. The van der Waals surface area contributed by atoms with E-state index in [1.807, 2.05) is 12.1 Å². The number of nitrogens with zero attached hydrogens (tertiary/aromatic N) is 2. The van der Waals surface area contributed by atoms with Crippen LogP contribution in [0.15, 0.2) is 36.5 Å². The van der Waals surface area contributed by atoms with E-state index >= 15 is 0 Å². The number of anilines is 2. The first-order valence-electron chi connectivity index (χ1n) is 9.46. The van der Waals surface area contributed by atoms with Crippen LogP contribution in [0.4, 0.5) is 15.9 Å². The van der Waals surface area contributed by atoms with Crippen molar-refractivity contribution < 1.29 is 14.3 Å². The first-order valence-corrected chi connectivity index (χ1v) is 9.46. The number of nitrogens with one attached hydrogen (secondary N) is 1. The quantitative estimate of drug-likeness (QED) is 0.868. The highest BCUT2D eigenvalue weighted by atomic mass is 19.1. The summed E-state index contributed by atoms with van der Waals surface area (Å²) >= 11 is 0. The summed E-state index contributed by atoms with van der Waals surface area (Å²) in [4.78, 5) is 18.4. The van der Waals surface area contributed by atoms with Crippen LogP contribution in [0.2, 0.25) is 0 Å². The minimum Gasteiger partial charge on any atom is -0.393 e. The molecule has 1 aromatic carbocycles. The number of hydrogen-bond acceptors (Lipinski definition) is 4. The summed E-state index contributed by atoms with van der Waals surface area (Å²) in [6.45, 7) is 3.81. The van der Waals surface area contributed by atoms with E-state index < -0.39 is 12.1 Å². The van der Waals surface area contributed by atoms with Crippen molar-refractivity contribution in [1.82, 2.24) is 4.98 Å². The van der Waals surface area contributed by atoms with E-state index in [0.717, 1.165) is 37.1 Å². The summed E-state index contributed by atoms with van der Waals surface area (Å²) in [5.41, 5.74) is 4.36. The molecule has 2 fully saturated rings. The maximum atomic E-state index is 13.0. The SMILES string of the molecule is Cc1cc(-c2ccnc(NC(=O)[C@H]3C[C@H]3F)c2)ccc1N1CCC(O)CC1. The molecule has 0 spiro atoms. The average Bonchev–Trinajstić information content (AvgIpc) is 3.40. The van der Waals surface area contributed by atoms with Crippen LogP contribution >= 0.6 is 0 Å². The lowest BCUT2D eigenvalue weighted by Gasteiger charge is -2.32. The predicted molar refractivity (Wildman–Crippen MR) is 103 cm³/mol. The summed E-state index contributed by atoms with van der Waals surface area (Å²) < 4.78 is 13.0. The van der Waals surface area contributed by atoms with Gasteiger partial charge in [0.15, 0.2) is 0 Å². The summed E-state index contributed by atoms with van der Waals surface area (Å²) in [7, 11) is 0. The standard InChI is InChI=1S/C21H24FN3O2/c1-13-10-14(2-3-19(13)25-8-5-16(26)6-9-25)15-4-7-23-20(11-15)24-21(27)17-12-18(17)22/h2-4,7,10-11,16-18,26H,5-6,8-9,12H2,1H3,(H,23,24,27)/t17-,18+/m0/s1. The van der Waals surface area contributed by atoms with Crippen LogP contribution in [0.1, 0.15) is 24.8 Å². The largest absolute Gasteiger partial charge is 0.393 e. The Morgan fingerprint density at radius 3 is 2.59 bits per heavy atom. The zero-order valence-electron chi connectivity index (χ0n) is 15.4. The molecule has 5 nitrogen and oxygen atoms in total. The zero-order valence-corrected chi connectivity index (χ0v) is 15.4. The number of carbonyl (C=O) groups is 1. The molecule has 142 valence electrons. The molecule has 2 aliphatic rings. The van der Waals surface area contributed by atoms with Crippen molar-refractivity contribution in [2.75, 3.05) is 23.3 Å². The van der Waals surface area contributed by atoms with Crippen LogP contribution in [0.3, 0.4) is 0 Å². The molecule has 0 radical (unpaired) electrons. The van der Waals surface area contributed by atoms with Crippen LogP contribution in [-0.2, 0) is 4.79 Å². The first-order chi connectivity index (χ1) is 13.0. The van der Waals surface area contributed by atoms with E-state index in [4.69, 9.17) is 0 Å². The molecule has 1 aliphatic heterocycles. The number of hydrogen-bond donors (Lipinski definition) is 2. The minimum atomic E-state index is -1.01. The third-order valence-corrected chi connectivity index (χ3v) is 5.40. The molecule has 0 bridgehead atoms. The molecule has 1 saturated carbocycles. The van der Waals surface area contributed by atoms with Gasteiger partial charge in [-0.2, -0.15) is 0 Å². The Balaban J connectivity index is 1.50. The number of aromatic nitrogens is 1. The van der Waals surface area contributed by atoms with Gasteiger partial charge >= 0.3 is 0 Å². The van der Waals surface area contributed by atoms with E-state index in [0.29, 0.717) is 12.2 Å². The minimum absolute atomic E-state index is 0.186. The molecule has 2 aromatic rings. The second-order valence-corrected chi connectivity index (χ2v) is 7.50. The average molecular weight is 369 g/mol. The molecule has 27 heavy (non-hydrogen) atoms. The number of aryl methyl sites for hydroxylation is 1. The molecule has 1 aliphatic carbocycles. The summed E-state index contributed by atoms with van der Waals surface area (Å²) in [5.74, 6) is -0.380. The Bertz CT molecular complexity index is 849. The number of halogens is 1. The van der Waals surface area contributed by atoms with Gasteiger partial charge in [-0.25, -0.2) is 9.37 Å². The van der Waals surface area contributed by atoms with Gasteiger partial charge in [-0.1, -0.05) is 6.07 Å². The van der Waals surface area contributed by atoms with Gasteiger partial charge in [0.05, 0.1) is 12.0 Å². The topological polar surface area (TPSA) is 65.5 Å². The van der Waals surface area contributed by atoms with Crippen molar-refractivity contribution in [2.45, 2.75) is 38.5 Å². The van der Waals surface area contributed by atoms with E-state index in [1.54, 1.807) is 6.20 Å². The van der Waals surface area contributed by atoms with Gasteiger partial charge in [0.1, 0.15) is 12.0 Å². The molecular formula is C21H24FN3O2. The van der Waals surface area contributed by atoms with E-state index in [-0.39, 0.29) is 12.0 Å². The van der Waals surface area contributed by atoms with Crippen molar-refractivity contribution in [3.63, 3.8) is 0 Å². The van der Waals surface area contributed by atoms with Crippen LogP contribution in [-0.4, -0.2) is 41.4 Å². The van der Waals surface area contributed by atoms with E-state index in [9.17, 15) is 14.3 Å². The third kappa shape index (κ3) is 3.95. The predicted octanol–water partition coefficient (Wildman–Crippen LogP) is 3.31. The highest BCUT2D eigenvalue weighted by Gasteiger charge is 2.43. The summed E-state index contributed by atoms with van der Waals surface area (Å²) in [6.07, 6.45) is 2.36. The monoisotopic (exact) mass is 369 g/mol. The first kappa shape index (κ1) is 17.9. The van der Waals surface area contributed by atoms with Crippen molar-refractivity contribution in [3.05, 3.63) is 42.1 Å². The molecule has 1 saturated heterocycles. The summed E-state index contributed by atoms with van der Waals surface area (Å²) in [5, 5.41) is 12.4. The molecule has 2 atom stereocenters. The van der Waals surface area contributed by atoms with Crippen LogP contribution in [0, 0.1) is 12.8 Å². The van der Waals surface area contributed by atoms with Crippen molar-refractivity contribution in [2.24, 2.45) is 5.92 Å². The van der Waals surface area contributed by atoms with Gasteiger partial charge in [0, 0.05) is 25.0 Å². The number of pyridine rings is 1. The number of aliphatic hydroxyl groups excluding tert-OH is 1. The Hall–Kier alpha value is -2.47. The molecule has 2 heterocycles. The van der Waals surface area contributed by atoms with Gasteiger partial charge < -0.3 is 15.3 Å². The molecule has 1 amide bonds. The van der Waals surface area contributed by atoms with Gasteiger partial charge in [0.25, 0.3) is 0 Å². The fraction of sp³-hybridized carbons (Fsp3) is 0.429. The smallest absolute Gasteiger partial charge is 0.231 e. The van der Waals surface area contributed by atoms with Crippen molar-refractivity contribution >= 4 is 17.4 Å². The summed E-state index contributed by atoms with van der Waals surface area (Å²) in [6, 6.07) is 10.0. The Kier molecular flexibility index (Phi) is 4.83. The number of rotatable bonds is 4. The molecular weight excluding hydrogens is 345 g/mol. The second kappa shape index (κ2) is 7.27. The van der Waals surface area contributed by atoms with Crippen molar-refractivity contribution in [1.29, 1.82) is 0 Å². The number of aliphatic hydroxyl groups is 1. The molecule has 2 N–H and O–H groups in total. The lowest BCUT2D eigenvalue weighted by Crippen LogP contribution is -2.36. The lowest BCUT2D eigenvalue weighted by molar-refractivity contribution is -0.117. The zero-order chi connectivity index (χ0) is 19.0. The maximum absolute atomic E-state index is 13.0. The van der Waals surface area contributed by atoms with Crippen LogP contribution < -0.4 is 10.2 Å². The van der Waals surface area contributed by atoms with Gasteiger partial charge in [-0.15, -0.1) is 0 Å². The number of benzene rings is 1. The second-order valence-electron chi connectivity index (χ2n) is 7.50. The highest BCUT2D eigenvalue weighted by Crippen LogP contribution is 2.35. The van der Waals surface area contributed by atoms with Crippen molar-refractivity contribution in [3.8, 4) is 11.1 Å². The maximum Gasteiger partial charge on any atom is 0.231 e.